The Bertz CT molecular complexity index is 917. The molecule has 2 aromatic rings. The Balaban J connectivity index is 1.41. The molecule has 1 saturated heterocycles. The van der Waals surface area contributed by atoms with Gasteiger partial charge < -0.3 is 15.2 Å². The maximum absolute atomic E-state index is 13.8. The summed E-state index contributed by atoms with van der Waals surface area (Å²) in [5, 5.41) is 13.2. The van der Waals surface area contributed by atoms with Gasteiger partial charge in [-0.05, 0) is 56.4 Å². The molecule has 2 atom stereocenters. The van der Waals surface area contributed by atoms with Gasteiger partial charge in [-0.1, -0.05) is 0 Å². The second-order valence-electron chi connectivity index (χ2n) is 8.52. The van der Waals surface area contributed by atoms with E-state index in [1.807, 2.05) is 6.07 Å². The first kappa shape index (κ1) is 17.1. The van der Waals surface area contributed by atoms with E-state index in [0.717, 1.165) is 37.8 Å². The van der Waals surface area contributed by atoms with Gasteiger partial charge in [0.25, 0.3) is 5.91 Å². The second-order valence-corrected chi connectivity index (χ2v) is 8.52. The van der Waals surface area contributed by atoms with Crippen LogP contribution in [0.25, 0.3) is 10.9 Å². The van der Waals surface area contributed by atoms with Crippen molar-refractivity contribution in [3.8, 4) is 0 Å². The van der Waals surface area contributed by atoms with Gasteiger partial charge in [-0.2, -0.15) is 0 Å². The van der Waals surface area contributed by atoms with Crippen LogP contribution in [0.15, 0.2) is 24.3 Å². The molecule has 3 aliphatic rings. The molecule has 2 N–H and O–H groups in total. The fraction of sp³-hybridized carbons (Fsp3) is 0.524. The van der Waals surface area contributed by atoms with Gasteiger partial charge in [0.2, 0.25) is 0 Å². The van der Waals surface area contributed by atoms with Gasteiger partial charge in [0.05, 0.1) is 29.9 Å². The van der Waals surface area contributed by atoms with Crippen molar-refractivity contribution >= 4 is 16.8 Å². The molecule has 2 heterocycles. The first-order valence-electron chi connectivity index (χ1n) is 9.65. The summed E-state index contributed by atoms with van der Waals surface area (Å²) in [4.78, 5) is 17.6. The zero-order chi connectivity index (χ0) is 18.6. The number of amides is 1. The minimum absolute atomic E-state index is 0.127. The number of aromatic nitrogens is 1. The lowest BCUT2D eigenvalue weighted by Crippen LogP contribution is -2.41. The molecule has 2 unspecified atom stereocenters. The third kappa shape index (κ3) is 2.91. The summed E-state index contributed by atoms with van der Waals surface area (Å²) in [6, 6.07) is 6.21. The van der Waals surface area contributed by atoms with Crippen molar-refractivity contribution in [2.24, 2.45) is 5.41 Å². The van der Waals surface area contributed by atoms with E-state index in [-0.39, 0.29) is 29.3 Å². The van der Waals surface area contributed by atoms with Crippen LogP contribution in [-0.4, -0.2) is 41.4 Å². The molecule has 1 amide bonds. The third-order valence-corrected chi connectivity index (χ3v) is 6.43. The number of benzene rings is 1. The summed E-state index contributed by atoms with van der Waals surface area (Å²) < 4.78 is 19.7. The first-order valence-corrected chi connectivity index (χ1v) is 9.65. The molecule has 0 radical (unpaired) electrons. The number of rotatable bonds is 5. The van der Waals surface area contributed by atoms with Crippen LogP contribution in [0.1, 0.15) is 54.1 Å². The molecule has 5 nitrogen and oxygen atoms in total. The van der Waals surface area contributed by atoms with Gasteiger partial charge >= 0.3 is 0 Å². The molecule has 2 aliphatic carbocycles. The molecule has 3 fully saturated rings. The van der Waals surface area contributed by atoms with E-state index >= 15 is 0 Å². The Kier molecular flexibility index (Phi) is 3.78. The Morgan fingerprint density at radius 3 is 2.85 bits per heavy atom. The first-order chi connectivity index (χ1) is 13.0. The SMILES string of the molecule is O=C(NCC12CCC(CO)(CO1)C2)c1cc(C2CC2)nc2ccc(F)cc12. The summed E-state index contributed by atoms with van der Waals surface area (Å²) in [7, 11) is 0. The molecular formula is C21H23FN2O3. The molecule has 142 valence electrons. The van der Waals surface area contributed by atoms with Gasteiger partial charge in [0.1, 0.15) is 5.82 Å². The quantitative estimate of drug-likeness (QED) is 0.849. The lowest BCUT2D eigenvalue weighted by Gasteiger charge is -2.28. The minimum Gasteiger partial charge on any atom is -0.396 e. The predicted octanol–water partition coefficient (Wildman–Crippen LogP) is 2.91. The average molecular weight is 370 g/mol. The standard InChI is InChI=1S/C21H23FN2O3/c22-14-3-4-17-15(7-14)16(8-18(24-17)13-1-2-13)19(26)23-10-21-6-5-20(9-21,11-25)12-27-21/h3-4,7-8,13,25H,1-2,5-6,9-12H2,(H,23,26). The number of halogens is 1. The van der Waals surface area contributed by atoms with Gasteiger partial charge in [0, 0.05) is 29.0 Å². The smallest absolute Gasteiger partial charge is 0.252 e. The zero-order valence-corrected chi connectivity index (χ0v) is 15.1. The van der Waals surface area contributed by atoms with Crippen LogP contribution in [0, 0.1) is 11.2 Å². The number of ether oxygens (including phenoxy) is 1. The zero-order valence-electron chi connectivity index (χ0n) is 15.1. The number of nitrogens with zero attached hydrogens (tertiary/aromatic N) is 1. The second kappa shape index (κ2) is 5.97. The lowest BCUT2D eigenvalue weighted by molar-refractivity contribution is -0.0339. The Morgan fingerprint density at radius 2 is 2.19 bits per heavy atom. The van der Waals surface area contributed by atoms with E-state index in [1.165, 1.54) is 12.1 Å². The average Bonchev–Trinajstić information content (AvgIpc) is 3.39. The number of pyridine rings is 1. The molecule has 5 rings (SSSR count). The maximum Gasteiger partial charge on any atom is 0.252 e. The van der Waals surface area contributed by atoms with E-state index in [0.29, 0.717) is 35.5 Å². The van der Waals surface area contributed by atoms with E-state index in [4.69, 9.17) is 4.74 Å². The van der Waals surface area contributed by atoms with Crippen molar-refractivity contribution in [2.75, 3.05) is 19.8 Å². The van der Waals surface area contributed by atoms with E-state index in [1.54, 1.807) is 6.07 Å². The predicted molar refractivity (Wildman–Crippen MR) is 98.1 cm³/mol. The van der Waals surface area contributed by atoms with E-state index in [2.05, 4.69) is 10.3 Å². The van der Waals surface area contributed by atoms with Crippen molar-refractivity contribution in [3.05, 3.63) is 41.3 Å². The van der Waals surface area contributed by atoms with Crippen LogP contribution in [0.3, 0.4) is 0 Å². The Hall–Kier alpha value is -2.05. The van der Waals surface area contributed by atoms with Crippen molar-refractivity contribution in [3.63, 3.8) is 0 Å². The van der Waals surface area contributed by atoms with Crippen LogP contribution < -0.4 is 5.32 Å². The molecule has 1 aromatic carbocycles. The van der Waals surface area contributed by atoms with Gasteiger partial charge in [-0.15, -0.1) is 0 Å². The monoisotopic (exact) mass is 370 g/mol. The molecular weight excluding hydrogens is 347 g/mol. The molecule has 2 bridgehead atoms. The number of hydrogen-bond acceptors (Lipinski definition) is 4. The topological polar surface area (TPSA) is 71.5 Å². The number of fused-ring (bicyclic) bond motifs is 3. The minimum atomic E-state index is -0.383. The fourth-order valence-corrected chi connectivity index (χ4v) is 4.62. The van der Waals surface area contributed by atoms with Gasteiger partial charge in [0.15, 0.2) is 0 Å². The highest BCUT2D eigenvalue weighted by molar-refractivity contribution is 6.06. The highest BCUT2D eigenvalue weighted by atomic mass is 19.1. The summed E-state index contributed by atoms with van der Waals surface area (Å²) in [6.07, 6.45) is 4.71. The van der Waals surface area contributed by atoms with Crippen LogP contribution in [0.5, 0.6) is 0 Å². The van der Waals surface area contributed by atoms with Crippen molar-refractivity contribution in [2.45, 2.75) is 43.6 Å². The van der Waals surface area contributed by atoms with Crippen molar-refractivity contribution in [1.82, 2.24) is 10.3 Å². The summed E-state index contributed by atoms with van der Waals surface area (Å²) >= 11 is 0. The molecule has 0 spiro atoms. The molecule has 2 saturated carbocycles. The van der Waals surface area contributed by atoms with Crippen LogP contribution in [0.2, 0.25) is 0 Å². The number of carbonyl (C=O) groups is 1. The fourth-order valence-electron chi connectivity index (χ4n) is 4.62. The van der Waals surface area contributed by atoms with Crippen LogP contribution in [-0.2, 0) is 4.74 Å². The number of carbonyl (C=O) groups excluding carboxylic acids is 1. The lowest BCUT2D eigenvalue weighted by atomic mass is 9.89. The summed E-state index contributed by atoms with van der Waals surface area (Å²) in [5.74, 6) is -0.192. The maximum atomic E-state index is 13.8. The summed E-state index contributed by atoms with van der Waals surface area (Å²) in [5.41, 5.74) is 1.51. The number of aliphatic hydroxyl groups is 1. The molecule has 27 heavy (non-hydrogen) atoms. The highest BCUT2D eigenvalue weighted by Crippen LogP contribution is 2.52. The Morgan fingerprint density at radius 1 is 1.33 bits per heavy atom. The van der Waals surface area contributed by atoms with Gasteiger partial charge in [-0.25, -0.2) is 4.39 Å². The van der Waals surface area contributed by atoms with E-state index < -0.39 is 0 Å². The third-order valence-electron chi connectivity index (χ3n) is 6.43. The van der Waals surface area contributed by atoms with Crippen LogP contribution >= 0.6 is 0 Å². The normalized spacial score (nSPS) is 29.4. The van der Waals surface area contributed by atoms with E-state index in [9.17, 15) is 14.3 Å². The molecule has 1 aliphatic heterocycles. The Labute approximate surface area is 156 Å². The number of aliphatic hydroxyl groups excluding tert-OH is 1. The largest absolute Gasteiger partial charge is 0.396 e. The number of nitrogens with one attached hydrogen (secondary N) is 1. The summed E-state index contributed by atoms with van der Waals surface area (Å²) in [6.45, 7) is 1.09. The molecule has 1 aromatic heterocycles. The van der Waals surface area contributed by atoms with Crippen molar-refractivity contribution < 1.29 is 19.0 Å². The highest BCUT2D eigenvalue weighted by Gasteiger charge is 2.55. The molecule has 6 heteroatoms. The van der Waals surface area contributed by atoms with Crippen molar-refractivity contribution in [1.29, 1.82) is 0 Å². The van der Waals surface area contributed by atoms with Crippen LogP contribution in [0.4, 0.5) is 4.39 Å². The van der Waals surface area contributed by atoms with Gasteiger partial charge in [-0.3, -0.25) is 9.78 Å². The number of hydrogen-bond donors (Lipinski definition) is 2.